The molecule has 0 aromatic heterocycles. The van der Waals surface area contributed by atoms with Crippen molar-refractivity contribution in [1.29, 1.82) is 0 Å². The van der Waals surface area contributed by atoms with Gasteiger partial charge < -0.3 is 29.2 Å². The molecule has 2 aliphatic heterocycles. The molecule has 0 unspecified atom stereocenters. The number of aliphatic hydroxyl groups excluding tert-OH is 2. The van der Waals surface area contributed by atoms with Gasteiger partial charge in [-0.15, -0.1) is 0 Å². The van der Waals surface area contributed by atoms with E-state index in [1.165, 1.54) is 12.1 Å². The molecule has 0 spiro atoms. The molecule has 5 aromatic carbocycles. The summed E-state index contributed by atoms with van der Waals surface area (Å²) in [4.78, 5) is 78.2. The SMILES string of the molecule is O=C(OCCO)c1ccc2c(c1)C(=O)N(c1ccc(Oc3ccc(Oc4ccc(N5C(=O)c6ccc(C(=O)OCCO)cc6C5=O)cc4C(F)(F)F)cc3)c(C(F)(F)F)c1)C2=O. The highest BCUT2D eigenvalue weighted by atomic mass is 19.4. The molecule has 2 heterocycles. The monoisotopic (exact) mass is 864 g/mol. The molecular formula is C42H26F6N2O12. The maximum atomic E-state index is 14.4. The molecular weight excluding hydrogens is 838 g/mol. The van der Waals surface area contributed by atoms with Crippen LogP contribution in [0, 0.1) is 0 Å². The van der Waals surface area contributed by atoms with Crippen LogP contribution in [-0.2, 0) is 21.8 Å². The molecule has 0 fully saturated rings. The van der Waals surface area contributed by atoms with Crippen molar-refractivity contribution in [2.75, 3.05) is 36.2 Å². The van der Waals surface area contributed by atoms with Crippen LogP contribution in [0.2, 0.25) is 0 Å². The third-order valence-corrected chi connectivity index (χ3v) is 9.23. The van der Waals surface area contributed by atoms with Gasteiger partial charge in [0.05, 0.1) is 58.0 Å². The number of carbonyl (C=O) groups is 6. The molecule has 0 aliphatic carbocycles. The minimum Gasteiger partial charge on any atom is -0.460 e. The number of aliphatic hydroxyl groups is 2. The lowest BCUT2D eigenvalue weighted by molar-refractivity contribution is -0.139. The molecule has 0 saturated carbocycles. The summed E-state index contributed by atoms with van der Waals surface area (Å²) in [6, 6.07) is 15.8. The van der Waals surface area contributed by atoms with Crippen LogP contribution in [0.15, 0.2) is 97.1 Å². The molecule has 7 rings (SSSR count). The van der Waals surface area contributed by atoms with Crippen molar-refractivity contribution in [1.82, 2.24) is 0 Å². The molecule has 318 valence electrons. The van der Waals surface area contributed by atoms with Crippen molar-refractivity contribution < 1.29 is 84.3 Å². The number of hydrogen-bond acceptors (Lipinski definition) is 12. The zero-order valence-electron chi connectivity index (χ0n) is 31.2. The topological polar surface area (TPSA) is 186 Å². The number of benzene rings is 5. The highest BCUT2D eigenvalue weighted by molar-refractivity contribution is 6.35. The second kappa shape index (κ2) is 16.5. The Morgan fingerprint density at radius 2 is 0.839 bits per heavy atom. The van der Waals surface area contributed by atoms with Crippen LogP contribution in [0.25, 0.3) is 0 Å². The Labute approximate surface area is 344 Å². The molecule has 4 amide bonds. The standard InChI is InChI=1S/C42H26F6N2O12/c43-41(44,45)31-19-23(49-35(53)27-9-1-21(17-29(27)37(49)55)39(57)59-15-13-51)3-11-33(31)61-25-5-7-26(8-6-25)62-34-12-4-24(20-32(34)42(46,47)48)50-36(54)28-10-2-22(18-30(28)38(50)56)40(58)60-16-14-52/h1-12,17-20,51-52H,13-16H2. The summed E-state index contributed by atoms with van der Waals surface area (Å²) in [5, 5.41) is 17.8. The average Bonchev–Trinajstić information content (AvgIpc) is 3.64. The molecule has 14 nitrogen and oxygen atoms in total. The van der Waals surface area contributed by atoms with E-state index in [0.717, 1.165) is 72.8 Å². The molecule has 2 N–H and O–H groups in total. The lowest BCUT2D eigenvalue weighted by Crippen LogP contribution is -2.29. The summed E-state index contributed by atoms with van der Waals surface area (Å²) in [5.74, 6) is -7.85. The highest BCUT2D eigenvalue weighted by Gasteiger charge is 2.42. The van der Waals surface area contributed by atoms with Crippen molar-refractivity contribution in [2.24, 2.45) is 0 Å². The number of carbonyl (C=O) groups excluding carboxylic acids is 6. The number of nitrogens with zero attached hydrogens (tertiary/aromatic N) is 2. The lowest BCUT2D eigenvalue weighted by atomic mass is 10.1. The first kappa shape index (κ1) is 42.5. The lowest BCUT2D eigenvalue weighted by Gasteiger charge is -2.20. The Morgan fingerprint density at radius 3 is 1.18 bits per heavy atom. The molecule has 20 heteroatoms. The summed E-state index contributed by atoms with van der Waals surface area (Å²) < 4.78 is 107. The Balaban J connectivity index is 1.09. The quantitative estimate of drug-likeness (QED) is 0.0731. The molecule has 0 bridgehead atoms. The van der Waals surface area contributed by atoms with E-state index in [0.29, 0.717) is 21.9 Å². The third kappa shape index (κ3) is 8.15. The fraction of sp³-hybridized carbons (Fsp3) is 0.143. The average molecular weight is 865 g/mol. The van der Waals surface area contributed by atoms with Gasteiger partial charge in [0.25, 0.3) is 23.6 Å². The van der Waals surface area contributed by atoms with E-state index in [-0.39, 0.29) is 58.1 Å². The zero-order valence-corrected chi connectivity index (χ0v) is 31.2. The smallest absolute Gasteiger partial charge is 0.420 e. The first-order valence-corrected chi connectivity index (χ1v) is 17.9. The van der Waals surface area contributed by atoms with Crippen LogP contribution in [0.4, 0.5) is 37.7 Å². The van der Waals surface area contributed by atoms with Crippen molar-refractivity contribution in [3.05, 3.63) is 142 Å². The molecule has 5 aromatic rings. The van der Waals surface area contributed by atoms with Crippen molar-refractivity contribution >= 4 is 46.9 Å². The van der Waals surface area contributed by atoms with E-state index in [2.05, 4.69) is 0 Å². The summed E-state index contributed by atoms with van der Waals surface area (Å²) in [5.41, 5.74) is -5.01. The minimum absolute atomic E-state index is 0.145. The number of amides is 4. The second-order valence-electron chi connectivity index (χ2n) is 13.2. The number of anilines is 2. The van der Waals surface area contributed by atoms with Gasteiger partial charge in [0.1, 0.15) is 47.3 Å². The van der Waals surface area contributed by atoms with E-state index in [1.807, 2.05) is 0 Å². The number of hydrogen-bond donors (Lipinski definition) is 2. The normalized spacial score (nSPS) is 13.6. The Hall–Kier alpha value is -7.58. The first-order chi connectivity index (χ1) is 29.4. The van der Waals surface area contributed by atoms with Crippen molar-refractivity contribution in [3.63, 3.8) is 0 Å². The Bertz CT molecular complexity index is 2500. The molecule has 62 heavy (non-hydrogen) atoms. The Kier molecular flexibility index (Phi) is 11.3. The van der Waals surface area contributed by atoms with Gasteiger partial charge in [0, 0.05) is 0 Å². The van der Waals surface area contributed by atoms with Crippen LogP contribution in [0.3, 0.4) is 0 Å². The van der Waals surface area contributed by atoms with Gasteiger partial charge >= 0.3 is 24.3 Å². The van der Waals surface area contributed by atoms with Crippen LogP contribution in [0.1, 0.15) is 73.3 Å². The highest BCUT2D eigenvalue weighted by Crippen LogP contribution is 2.44. The number of esters is 2. The number of imide groups is 2. The fourth-order valence-corrected chi connectivity index (χ4v) is 6.41. The van der Waals surface area contributed by atoms with Crippen LogP contribution in [0.5, 0.6) is 23.0 Å². The number of fused-ring (bicyclic) bond motifs is 2. The number of ether oxygens (including phenoxy) is 4. The number of rotatable bonds is 12. The van der Waals surface area contributed by atoms with Gasteiger partial charge in [0.2, 0.25) is 0 Å². The van der Waals surface area contributed by atoms with Gasteiger partial charge in [0.15, 0.2) is 0 Å². The van der Waals surface area contributed by atoms with Gasteiger partial charge in [-0.25, -0.2) is 19.4 Å². The van der Waals surface area contributed by atoms with Gasteiger partial charge in [-0.3, -0.25) is 19.2 Å². The first-order valence-electron chi connectivity index (χ1n) is 17.9. The predicted octanol–water partition coefficient (Wildman–Crippen LogP) is 7.21. The maximum Gasteiger partial charge on any atom is 0.420 e. The van der Waals surface area contributed by atoms with Crippen molar-refractivity contribution in [3.8, 4) is 23.0 Å². The number of halogens is 6. The van der Waals surface area contributed by atoms with Gasteiger partial charge in [-0.1, -0.05) is 0 Å². The second-order valence-corrected chi connectivity index (χ2v) is 13.2. The molecule has 0 atom stereocenters. The van der Waals surface area contributed by atoms with E-state index in [4.69, 9.17) is 29.2 Å². The Morgan fingerprint density at radius 1 is 0.484 bits per heavy atom. The van der Waals surface area contributed by atoms with E-state index in [9.17, 15) is 55.1 Å². The predicted molar refractivity (Wildman–Crippen MR) is 199 cm³/mol. The summed E-state index contributed by atoms with van der Waals surface area (Å²) in [6.45, 7) is -1.63. The van der Waals surface area contributed by atoms with Crippen LogP contribution >= 0.6 is 0 Å². The van der Waals surface area contributed by atoms with Gasteiger partial charge in [-0.2, -0.15) is 26.3 Å². The van der Waals surface area contributed by atoms with E-state index < -0.39 is 95.1 Å². The van der Waals surface area contributed by atoms with Crippen LogP contribution < -0.4 is 19.3 Å². The van der Waals surface area contributed by atoms with E-state index >= 15 is 0 Å². The van der Waals surface area contributed by atoms with Crippen LogP contribution in [-0.4, -0.2) is 72.2 Å². The third-order valence-electron chi connectivity index (χ3n) is 9.23. The molecule has 0 radical (unpaired) electrons. The van der Waals surface area contributed by atoms with Crippen molar-refractivity contribution in [2.45, 2.75) is 12.4 Å². The summed E-state index contributed by atoms with van der Waals surface area (Å²) in [7, 11) is 0. The molecule has 2 aliphatic rings. The zero-order chi connectivity index (χ0) is 44.7. The minimum atomic E-state index is -5.10. The van der Waals surface area contributed by atoms with E-state index in [1.54, 1.807) is 0 Å². The summed E-state index contributed by atoms with van der Waals surface area (Å²) in [6.07, 6.45) is -10.2. The van der Waals surface area contributed by atoms with Gasteiger partial charge in [-0.05, 0) is 97.1 Å². The fourth-order valence-electron chi connectivity index (χ4n) is 6.41. The summed E-state index contributed by atoms with van der Waals surface area (Å²) >= 11 is 0. The molecule has 0 saturated heterocycles. The maximum absolute atomic E-state index is 14.4. The number of alkyl halides is 6. The largest absolute Gasteiger partial charge is 0.460 e.